The highest BCUT2D eigenvalue weighted by Gasteiger charge is 2.15. The number of halogens is 2. The Labute approximate surface area is 184 Å². The minimum absolute atomic E-state index is 0.563. The van der Waals surface area contributed by atoms with Gasteiger partial charge in [-0.1, -0.05) is 83.5 Å². The monoisotopic (exact) mass is 439 g/mol. The fourth-order valence-corrected chi connectivity index (χ4v) is 4.32. The number of hydrogen-bond donors (Lipinski definition) is 0. The van der Waals surface area contributed by atoms with E-state index in [2.05, 4.69) is 58.1 Å². The Morgan fingerprint density at radius 1 is 0.828 bits per heavy atom. The topological polar surface area (TPSA) is 30.7 Å². The first-order valence-corrected chi connectivity index (χ1v) is 11.0. The fraction of sp³-hybridized carbons (Fsp3) is 0.130. The van der Waals surface area contributed by atoms with Crippen molar-refractivity contribution in [3.63, 3.8) is 0 Å². The number of nitrogens with zero attached hydrogens (tertiary/aromatic N) is 3. The molecule has 0 amide bonds. The summed E-state index contributed by atoms with van der Waals surface area (Å²) >= 11 is 13.8. The quantitative estimate of drug-likeness (QED) is 0.310. The van der Waals surface area contributed by atoms with Gasteiger partial charge in [0.15, 0.2) is 5.16 Å². The van der Waals surface area contributed by atoms with Crippen molar-refractivity contribution in [2.75, 3.05) is 0 Å². The molecule has 146 valence electrons. The van der Waals surface area contributed by atoms with E-state index in [1.54, 1.807) is 11.8 Å². The maximum absolute atomic E-state index is 6.16. The molecule has 4 aromatic rings. The van der Waals surface area contributed by atoms with Gasteiger partial charge in [-0.2, -0.15) is 0 Å². The zero-order valence-corrected chi connectivity index (χ0v) is 18.2. The molecule has 0 aliphatic heterocycles. The Kier molecular flexibility index (Phi) is 6.24. The molecule has 4 rings (SSSR count). The maximum Gasteiger partial charge on any atom is 0.196 e. The molecule has 29 heavy (non-hydrogen) atoms. The second-order valence-electron chi connectivity index (χ2n) is 6.77. The second kappa shape index (κ2) is 9.04. The molecule has 0 aliphatic rings. The lowest BCUT2D eigenvalue weighted by Crippen LogP contribution is -2.04. The van der Waals surface area contributed by atoms with Crippen LogP contribution in [0, 0.1) is 6.92 Å². The molecule has 0 saturated carbocycles. The number of benzene rings is 3. The molecule has 0 N–H and O–H groups in total. The Morgan fingerprint density at radius 3 is 2.41 bits per heavy atom. The van der Waals surface area contributed by atoms with Crippen LogP contribution in [0.4, 0.5) is 0 Å². The maximum atomic E-state index is 6.16. The third-order valence-electron chi connectivity index (χ3n) is 4.52. The Morgan fingerprint density at radius 2 is 1.66 bits per heavy atom. The molecule has 0 bridgehead atoms. The van der Waals surface area contributed by atoms with Crippen molar-refractivity contribution < 1.29 is 0 Å². The molecule has 1 heterocycles. The molecule has 0 saturated heterocycles. The number of aryl methyl sites for hydroxylation is 1. The van der Waals surface area contributed by atoms with Crippen LogP contribution < -0.4 is 0 Å². The van der Waals surface area contributed by atoms with Gasteiger partial charge < -0.3 is 0 Å². The van der Waals surface area contributed by atoms with Gasteiger partial charge in [-0.25, -0.2) is 0 Å². The molecule has 0 fully saturated rings. The lowest BCUT2D eigenvalue weighted by molar-refractivity contribution is 0.846. The number of hydrogen-bond acceptors (Lipinski definition) is 3. The van der Waals surface area contributed by atoms with Gasteiger partial charge in [-0.05, 0) is 47.9 Å². The Bertz CT molecular complexity index is 1130. The van der Waals surface area contributed by atoms with Crippen molar-refractivity contribution in [2.45, 2.75) is 24.3 Å². The molecule has 6 heteroatoms. The summed E-state index contributed by atoms with van der Waals surface area (Å²) in [6.45, 7) is 2.09. The van der Waals surface area contributed by atoms with Crippen LogP contribution in [0.25, 0.3) is 5.69 Å². The summed E-state index contributed by atoms with van der Waals surface area (Å²) in [5, 5.41) is 11.0. The first kappa shape index (κ1) is 20.0. The average molecular weight is 440 g/mol. The zero-order chi connectivity index (χ0) is 20.2. The average Bonchev–Trinajstić information content (AvgIpc) is 3.12. The van der Waals surface area contributed by atoms with Gasteiger partial charge >= 0.3 is 0 Å². The predicted molar refractivity (Wildman–Crippen MR) is 121 cm³/mol. The molecule has 0 aliphatic carbocycles. The van der Waals surface area contributed by atoms with Gasteiger partial charge in [0, 0.05) is 17.9 Å². The van der Waals surface area contributed by atoms with E-state index < -0.39 is 0 Å². The Balaban J connectivity index is 1.66. The molecule has 0 spiro atoms. The van der Waals surface area contributed by atoms with E-state index in [4.69, 9.17) is 23.2 Å². The summed E-state index contributed by atoms with van der Waals surface area (Å²) in [6.07, 6.45) is 0.717. The highest BCUT2D eigenvalue weighted by Crippen LogP contribution is 2.29. The van der Waals surface area contributed by atoms with E-state index in [9.17, 15) is 0 Å². The van der Waals surface area contributed by atoms with E-state index in [-0.39, 0.29) is 0 Å². The molecule has 3 nitrogen and oxygen atoms in total. The molecule has 0 unspecified atom stereocenters. The summed E-state index contributed by atoms with van der Waals surface area (Å²) in [5.41, 5.74) is 4.56. The normalized spacial score (nSPS) is 11.0. The highest BCUT2D eigenvalue weighted by molar-refractivity contribution is 7.98. The molecular formula is C23H19Cl2N3S. The molecule has 0 atom stereocenters. The second-order valence-corrected chi connectivity index (χ2v) is 8.53. The van der Waals surface area contributed by atoms with E-state index in [0.717, 1.165) is 34.4 Å². The van der Waals surface area contributed by atoms with Crippen molar-refractivity contribution in [1.29, 1.82) is 0 Å². The third-order valence-corrected chi connectivity index (χ3v) is 6.26. The fourth-order valence-electron chi connectivity index (χ4n) is 3.09. The van der Waals surface area contributed by atoms with E-state index in [1.807, 2.05) is 36.4 Å². The minimum Gasteiger partial charge on any atom is -0.274 e. The minimum atomic E-state index is 0.563. The Hall–Kier alpha value is -2.27. The van der Waals surface area contributed by atoms with Crippen LogP contribution in [0.2, 0.25) is 10.0 Å². The first-order valence-electron chi connectivity index (χ1n) is 9.22. The van der Waals surface area contributed by atoms with E-state index >= 15 is 0 Å². The van der Waals surface area contributed by atoms with Crippen LogP contribution in [0.1, 0.15) is 22.5 Å². The molecule has 0 radical (unpaired) electrons. The van der Waals surface area contributed by atoms with Crippen molar-refractivity contribution in [3.8, 4) is 5.69 Å². The van der Waals surface area contributed by atoms with Crippen molar-refractivity contribution >= 4 is 35.0 Å². The molecule has 1 aromatic heterocycles. The summed E-state index contributed by atoms with van der Waals surface area (Å²) in [6, 6.07) is 24.4. The van der Waals surface area contributed by atoms with Gasteiger partial charge in [0.05, 0.1) is 10.0 Å². The highest BCUT2D eigenvalue weighted by atomic mass is 35.5. The largest absolute Gasteiger partial charge is 0.274 e. The van der Waals surface area contributed by atoms with Crippen LogP contribution in [0.5, 0.6) is 0 Å². The first-order chi connectivity index (χ1) is 14.1. The van der Waals surface area contributed by atoms with Crippen molar-refractivity contribution in [3.05, 3.63) is 105 Å². The van der Waals surface area contributed by atoms with Crippen LogP contribution >= 0.6 is 35.0 Å². The van der Waals surface area contributed by atoms with E-state index in [1.165, 1.54) is 11.1 Å². The molecule has 3 aromatic carbocycles. The SMILES string of the molecule is Cc1cccc(-n2c(Cc3ccccc3)nnc2SCc2ccc(Cl)c(Cl)c2)c1. The smallest absolute Gasteiger partial charge is 0.196 e. The molecular weight excluding hydrogens is 421 g/mol. The predicted octanol–water partition coefficient (Wildman–Crippen LogP) is 6.77. The van der Waals surface area contributed by atoms with Gasteiger partial charge in [0.1, 0.15) is 5.82 Å². The number of rotatable bonds is 6. The van der Waals surface area contributed by atoms with Crippen LogP contribution in [-0.2, 0) is 12.2 Å². The summed E-state index contributed by atoms with van der Waals surface area (Å²) in [4.78, 5) is 0. The van der Waals surface area contributed by atoms with Crippen molar-refractivity contribution in [1.82, 2.24) is 14.8 Å². The van der Waals surface area contributed by atoms with E-state index in [0.29, 0.717) is 10.0 Å². The van der Waals surface area contributed by atoms with Gasteiger partial charge in [0.25, 0.3) is 0 Å². The van der Waals surface area contributed by atoms with Crippen LogP contribution in [0.15, 0.2) is 78.0 Å². The third kappa shape index (κ3) is 4.84. The lowest BCUT2D eigenvalue weighted by atomic mass is 10.1. The van der Waals surface area contributed by atoms with Crippen LogP contribution in [-0.4, -0.2) is 14.8 Å². The standard InChI is InChI=1S/C23H19Cl2N3S/c1-16-6-5-9-19(12-16)28-22(14-17-7-3-2-4-8-17)26-27-23(28)29-15-18-10-11-20(24)21(25)13-18/h2-13H,14-15H2,1H3. The van der Waals surface area contributed by atoms with Gasteiger partial charge in [-0.15, -0.1) is 10.2 Å². The summed E-state index contributed by atoms with van der Waals surface area (Å²) in [5.74, 6) is 1.64. The number of aromatic nitrogens is 3. The summed E-state index contributed by atoms with van der Waals surface area (Å²) < 4.78 is 2.14. The summed E-state index contributed by atoms with van der Waals surface area (Å²) in [7, 11) is 0. The van der Waals surface area contributed by atoms with Gasteiger partial charge in [0.2, 0.25) is 0 Å². The van der Waals surface area contributed by atoms with Crippen molar-refractivity contribution in [2.24, 2.45) is 0 Å². The van der Waals surface area contributed by atoms with Gasteiger partial charge in [-0.3, -0.25) is 4.57 Å². The number of thioether (sulfide) groups is 1. The zero-order valence-electron chi connectivity index (χ0n) is 15.8. The van der Waals surface area contributed by atoms with Crippen LogP contribution in [0.3, 0.4) is 0 Å². The lowest BCUT2D eigenvalue weighted by Gasteiger charge is -2.11.